The van der Waals surface area contributed by atoms with Crippen LogP contribution < -0.4 is 5.73 Å². The Morgan fingerprint density at radius 3 is 2.55 bits per heavy atom. The molecule has 0 unspecified atom stereocenters. The van der Waals surface area contributed by atoms with Crippen LogP contribution in [0.4, 0.5) is 0 Å². The van der Waals surface area contributed by atoms with Gasteiger partial charge in [-0.25, -0.2) is 0 Å². The van der Waals surface area contributed by atoms with Gasteiger partial charge in [-0.1, -0.05) is 30.3 Å². The number of nitrogens with two attached hydrogens (primary N) is 1. The van der Waals surface area contributed by atoms with Gasteiger partial charge in [0, 0.05) is 6.54 Å². The van der Waals surface area contributed by atoms with Crippen molar-refractivity contribution < 1.29 is 14.4 Å². The number of benzene rings is 1. The number of carbonyl (C=O) groups is 3. The van der Waals surface area contributed by atoms with Crippen LogP contribution in [0, 0.1) is 0 Å². The lowest BCUT2D eigenvalue weighted by Gasteiger charge is -2.38. The molecule has 1 fully saturated rings. The van der Waals surface area contributed by atoms with Gasteiger partial charge in [0.05, 0.1) is 0 Å². The molecular weight excluding hydrogens is 258 g/mol. The third-order valence-electron chi connectivity index (χ3n) is 3.33. The van der Waals surface area contributed by atoms with Crippen molar-refractivity contribution in [1.82, 2.24) is 9.80 Å². The van der Waals surface area contributed by atoms with Gasteiger partial charge in [-0.3, -0.25) is 14.4 Å². The van der Waals surface area contributed by atoms with Crippen molar-refractivity contribution in [1.29, 1.82) is 0 Å². The van der Waals surface area contributed by atoms with E-state index in [4.69, 9.17) is 5.73 Å². The standard InChI is InChI=1S/C14H17N3O3/c1-10-14(20)16(7-11-5-3-2-4-6-11)9-13(19)17(10)8-12(15)18/h2-6,10H,7-9H2,1H3,(H2,15,18)/t10-/m0/s1. The van der Waals surface area contributed by atoms with Gasteiger partial charge in [0.1, 0.15) is 19.1 Å². The van der Waals surface area contributed by atoms with E-state index in [1.165, 1.54) is 9.80 Å². The summed E-state index contributed by atoms with van der Waals surface area (Å²) < 4.78 is 0. The first-order valence-corrected chi connectivity index (χ1v) is 6.39. The van der Waals surface area contributed by atoms with Crippen LogP contribution in [0.1, 0.15) is 12.5 Å². The molecule has 0 bridgehead atoms. The predicted molar refractivity (Wildman–Crippen MR) is 72.2 cm³/mol. The number of piperazine rings is 1. The molecular formula is C14H17N3O3. The fourth-order valence-corrected chi connectivity index (χ4v) is 2.28. The number of primary amides is 1. The molecule has 0 aromatic heterocycles. The highest BCUT2D eigenvalue weighted by atomic mass is 16.2. The zero-order valence-electron chi connectivity index (χ0n) is 11.3. The normalized spacial score (nSPS) is 19.4. The molecule has 2 N–H and O–H groups in total. The van der Waals surface area contributed by atoms with Gasteiger partial charge in [-0.05, 0) is 12.5 Å². The SMILES string of the molecule is C[C@H]1C(=O)N(Cc2ccccc2)CC(=O)N1CC(N)=O. The maximum Gasteiger partial charge on any atom is 0.245 e. The molecule has 1 aliphatic heterocycles. The Balaban J connectivity index is 2.10. The van der Waals surface area contributed by atoms with E-state index < -0.39 is 11.9 Å². The Morgan fingerprint density at radius 2 is 1.95 bits per heavy atom. The first kappa shape index (κ1) is 14.0. The van der Waals surface area contributed by atoms with E-state index in [0.717, 1.165) is 5.56 Å². The monoisotopic (exact) mass is 275 g/mol. The fraction of sp³-hybridized carbons (Fsp3) is 0.357. The van der Waals surface area contributed by atoms with Gasteiger partial charge in [0.25, 0.3) is 0 Å². The molecule has 2 rings (SSSR count). The number of carbonyl (C=O) groups excluding carboxylic acids is 3. The number of amides is 3. The largest absolute Gasteiger partial charge is 0.368 e. The highest BCUT2D eigenvalue weighted by molar-refractivity contribution is 5.96. The van der Waals surface area contributed by atoms with E-state index in [9.17, 15) is 14.4 Å². The van der Waals surface area contributed by atoms with E-state index in [1.807, 2.05) is 30.3 Å². The van der Waals surface area contributed by atoms with Crippen LogP contribution in [0.2, 0.25) is 0 Å². The maximum absolute atomic E-state index is 12.2. The summed E-state index contributed by atoms with van der Waals surface area (Å²) in [7, 11) is 0. The number of hydrogen-bond donors (Lipinski definition) is 1. The van der Waals surface area contributed by atoms with Gasteiger partial charge in [-0.2, -0.15) is 0 Å². The van der Waals surface area contributed by atoms with Crippen molar-refractivity contribution >= 4 is 17.7 Å². The summed E-state index contributed by atoms with van der Waals surface area (Å²) in [6.07, 6.45) is 0. The predicted octanol–water partition coefficient (Wildman–Crippen LogP) is -0.269. The molecule has 6 nitrogen and oxygen atoms in total. The van der Waals surface area contributed by atoms with Crippen LogP contribution in [0.5, 0.6) is 0 Å². The molecule has 1 aliphatic rings. The van der Waals surface area contributed by atoms with Crippen molar-refractivity contribution in [2.24, 2.45) is 5.73 Å². The average molecular weight is 275 g/mol. The van der Waals surface area contributed by atoms with Gasteiger partial charge in [-0.15, -0.1) is 0 Å². The van der Waals surface area contributed by atoms with Crippen LogP contribution in [0.3, 0.4) is 0 Å². The fourth-order valence-electron chi connectivity index (χ4n) is 2.28. The summed E-state index contributed by atoms with van der Waals surface area (Å²) in [4.78, 5) is 37.9. The lowest BCUT2D eigenvalue weighted by molar-refractivity contribution is -0.156. The van der Waals surface area contributed by atoms with Crippen molar-refractivity contribution in [3.05, 3.63) is 35.9 Å². The molecule has 0 spiro atoms. The Labute approximate surface area is 117 Å². The summed E-state index contributed by atoms with van der Waals surface area (Å²) in [5.74, 6) is -1.05. The van der Waals surface area contributed by atoms with Crippen molar-refractivity contribution in [2.45, 2.75) is 19.5 Å². The van der Waals surface area contributed by atoms with Gasteiger partial charge in [0.15, 0.2) is 0 Å². The van der Waals surface area contributed by atoms with E-state index in [2.05, 4.69) is 0 Å². The van der Waals surface area contributed by atoms with Crippen molar-refractivity contribution in [3.63, 3.8) is 0 Å². The van der Waals surface area contributed by atoms with Gasteiger partial charge >= 0.3 is 0 Å². The molecule has 106 valence electrons. The summed E-state index contributed by atoms with van der Waals surface area (Å²) in [6, 6.07) is 8.80. The third kappa shape index (κ3) is 2.96. The quantitative estimate of drug-likeness (QED) is 0.821. The summed E-state index contributed by atoms with van der Waals surface area (Å²) >= 11 is 0. The topological polar surface area (TPSA) is 83.7 Å². The molecule has 1 atom stereocenters. The number of nitrogens with zero attached hydrogens (tertiary/aromatic N) is 2. The Kier molecular flexibility index (Phi) is 4.02. The average Bonchev–Trinajstić information content (AvgIpc) is 2.42. The minimum atomic E-state index is -0.660. The third-order valence-corrected chi connectivity index (χ3v) is 3.33. The number of hydrogen-bond acceptors (Lipinski definition) is 3. The molecule has 6 heteroatoms. The Hall–Kier alpha value is -2.37. The molecule has 3 amide bonds. The maximum atomic E-state index is 12.2. The lowest BCUT2D eigenvalue weighted by Crippen LogP contribution is -2.59. The molecule has 20 heavy (non-hydrogen) atoms. The van der Waals surface area contributed by atoms with Crippen LogP contribution in [0.15, 0.2) is 30.3 Å². The molecule has 1 aromatic rings. The van der Waals surface area contributed by atoms with Crippen molar-refractivity contribution in [2.75, 3.05) is 13.1 Å². The highest BCUT2D eigenvalue weighted by Gasteiger charge is 2.36. The molecule has 1 aromatic carbocycles. The highest BCUT2D eigenvalue weighted by Crippen LogP contribution is 2.15. The van der Waals surface area contributed by atoms with E-state index in [-0.39, 0.29) is 24.9 Å². The first-order valence-electron chi connectivity index (χ1n) is 6.39. The molecule has 0 saturated carbocycles. The Bertz CT molecular complexity index is 530. The van der Waals surface area contributed by atoms with E-state index >= 15 is 0 Å². The Morgan fingerprint density at radius 1 is 1.30 bits per heavy atom. The second-order valence-electron chi connectivity index (χ2n) is 4.84. The minimum absolute atomic E-state index is 0.0225. The van der Waals surface area contributed by atoms with Gasteiger partial charge in [0.2, 0.25) is 17.7 Å². The molecule has 0 aliphatic carbocycles. The number of rotatable bonds is 4. The zero-order valence-corrected chi connectivity index (χ0v) is 11.3. The van der Waals surface area contributed by atoms with Gasteiger partial charge < -0.3 is 15.5 Å². The second-order valence-corrected chi connectivity index (χ2v) is 4.84. The minimum Gasteiger partial charge on any atom is -0.368 e. The van der Waals surface area contributed by atoms with Crippen molar-refractivity contribution in [3.8, 4) is 0 Å². The molecule has 1 saturated heterocycles. The second kappa shape index (κ2) is 5.73. The van der Waals surface area contributed by atoms with Crippen LogP contribution in [-0.4, -0.2) is 46.7 Å². The summed E-state index contributed by atoms with van der Waals surface area (Å²) in [5, 5.41) is 0. The smallest absolute Gasteiger partial charge is 0.245 e. The van der Waals surface area contributed by atoms with Crippen LogP contribution >= 0.6 is 0 Å². The molecule has 1 heterocycles. The van der Waals surface area contributed by atoms with E-state index in [0.29, 0.717) is 6.54 Å². The van der Waals surface area contributed by atoms with E-state index in [1.54, 1.807) is 6.92 Å². The lowest BCUT2D eigenvalue weighted by atomic mass is 10.1. The molecule has 0 radical (unpaired) electrons. The zero-order chi connectivity index (χ0) is 14.7. The van der Waals surface area contributed by atoms with Crippen LogP contribution in [0.25, 0.3) is 0 Å². The summed E-state index contributed by atoms with van der Waals surface area (Å²) in [5.41, 5.74) is 6.06. The first-order chi connectivity index (χ1) is 9.49. The summed E-state index contributed by atoms with van der Waals surface area (Å²) in [6.45, 7) is 1.76. The van der Waals surface area contributed by atoms with Crippen LogP contribution in [-0.2, 0) is 20.9 Å².